The lowest BCUT2D eigenvalue weighted by Crippen LogP contribution is -2.40. The van der Waals surface area contributed by atoms with Crippen LogP contribution >= 0.6 is 0 Å². The van der Waals surface area contributed by atoms with E-state index in [-0.39, 0.29) is 32.2 Å². The largest absolute Gasteiger partial charge is 0.477 e. The molecule has 0 aliphatic heterocycles. The van der Waals surface area contributed by atoms with Crippen LogP contribution in [0.4, 0.5) is 0 Å². The fraction of sp³-hybridized carbons (Fsp3) is 0.902. The number of carboxylic acids is 1. The molecule has 0 aromatic heterocycles. The van der Waals surface area contributed by atoms with Crippen molar-refractivity contribution in [3.8, 4) is 0 Å². The highest BCUT2D eigenvalue weighted by Gasteiger charge is 2.25. The van der Waals surface area contributed by atoms with Crippen molar-refractivity contribution in [1.29, 1.82) is 0 Å². The predicted molar refractivity (Wildman–Crippen MR) is 249 cm³/mol. The number of carbonyl (C=O) groups excluding carboxylic acids is 2. The van der Waals surface area contributed by atoms with Gasteiger partial charge in [0.1, 0.15) is 13.2 Å². The van der Waals surface area contributed by atoms with Crippen LogP contribution in [0.25, 0.3) is 0 Å². The second-order valence-electron chi connectivity index (χ2n) is 18.5. The van der Waals surface area contributed by atoms with Crippen LogP contribution in [0.1, 0.15) is 239 Å². The number of likely N-dealkylation sites (N-methyl/N-ethyl adjacent to an activating group) is 1. The number of allylic oxidation sites excluding steroid dienone is 2. The smallest absolute Gasteiger partial charge is 0.361 e. The molecule has 2 unspecified atom stereocenters. The molecular weight excluding hydrogens is 755 g/mol. The molecule has 0 heterocycles. The van der Waals surface area contributed by atoms with Crippen molar-refractivity contribution in [1.82, 2.24) is 0 Å². The minimum absolute atomic E-state index is 0.179. The molecule has 0 aromatic carbocycles. The molecular formula is C51H98NO8+. The Morgan fingerprint density at radius 2 is 0.850 bits per heavy atom. The molecule has 9 heteroatoms. The number of quaternary nitrogens is 1. The third-order valence-corrected chi connectivity index (χ3v) is 11.3. The van der Waals surface area contributed by atoms with Crippen LogP contribution in [-0.2, 0) is 33.3 Å². The standard InChI is InChI=1S/C51H97NO8/c1-6-8-10-12-14-16-18-20-22-23-24-25-26-27-28-30-31-33-35-37-39-41-48(53)58-45-47(46-59-51(50(55)56)57-44-43-52(3,4)5)60-49(54)42-40-38-36-34-32-29-21-19-17-15-13-11-9-7-2/h19,21,47,51H,6-18,20,22-46H2,1-5H3/p+1/b21-19-. The van der Waals surface area contributed by atoms with E-state index in [1.165, 1.54) is 154 Å². The van der Waals surface area contributed by atoms with Gasteiger partial charge in [0.05, 0.1) is 34.4 Å². The summed E-state index contributed by atoms with van der Waals surface area (Å²) in [4.78, 5) is 37.2. The molecule has 354 valence electrons. The van der Waals surface area contributed by atoms with Gasteiger partial charge < -0.3 is 28.5 Å². The zero-order valence-corrected chi connectivity index (χ0v) is 40.1. The van der Waals surface area contributed by atoms with E-state index in [1.54, 1.807) is 0 Å². The Labute approximate surface area is 370 Å². The third-order valence-electron chi connectivity index (χ3n) is 11.3. The van der Waals surface area contributed by atoms with E-state index < -0.39 is 24.3 Å². The quantitative estimate of drug-likeness (QED) is 0.0212. The first-order chi connectivity index (χ1) is 29.1. The molecule has 2 atom stereocenters. The minimum Gasteiger partial charge on any atom is -0.477 e. The summed E-state index contributed by atoms with van der Waals surface area (Å²) in [6.45, 7) is 4.89. The lowest BCUT2D eigenvalue weighted by atomic mass is 10.0. The Hall–Kier alpha value is -1.97. The molecule has 0 aromatic rings. The highest BCUT2D eigenvalue weighted by Crippen LogP contribution is 2.16. The van der Waals surface area contributed by atoms with Crippen molar-refractivity contribution in [2.24, 2.45) is 0 Å². The van der Waals surface area contributed by atoms with Gasteiger partial charge in [0, 0.05) is 12.8 Å². The van der Waals surface area contributed by atoms with Crippen LogP contribution < -0.4 is 0 Å². The van der Waals surface area contributed by atoms with Gasteiger partial charge in [-0.15, -0.1) is 0 Å². The zero-order valence-electron chi connectivity index (χ0n) is 40.1. The number of rotatable bonds is 47. The summed E-state index contributed by atoms with van der Waals surface area (Å²) in [6, 6.07) is 0. The molecule has 1 N–H and O–H groups in total. The first-order valence-corrected chi connectivity index (χ1v) is 25.4. The highest BCUT2D eigenvalue weighted by molar-refractivity contribution is 5.71. The molecule has 0 spiro atoms. The van der Waals surface area contributed by atoms with Crippen molar-refractivity contribution < 1.29 is 42.9 Å². The van der Waals surface area contributed by atoms with Gasteiger partial charge in [-0.1, -0.05) is 199 Å². The number of ether oxygens (including phenoxy) is 4. The number of aliphatic carboxylic acids is 1. The maximum atomic E-state index is 12.8. The van der Waals surface area contributed by atoms with Crippen molar-refractivity contribution in [2.45, 2.75) is 251 Å². The normalized spacial score (nSPS) is 12.9. The van der Waals surface area contributed by atoms with E-state index in [1.807, 2.05) is 21.1 Å². The number of carbonyl (C=O) groups is 3. The summed E-state index contributed by atoms with van der Waals surface area (Å²) < 4.78 is 22.8. The average molecular weight is 853 g/mol. The second-order valence-corrected chi connectivity index (χ2v) is 18.5. The van der Waals surface area contributed by atoms with E-state index >= 15 is 0 Å². The van der Waals surface area contributed by atoms with Crippen molar-refractivity contribution in [3.63, 3.8) is 0 Å². The minimum atomic E-state index is -1.51. The number of nitrogens with zero attached hydrogens (tertiary/aromatic N) is 1. The summed E-state index contributed by atoms with van der Waals surface area (Å²) in [6.07, 6.45) is 44.2. The van der Waals surface area contributed by atoms with Gasteiger partial charge >= 0.3 is 17.9 Å². The van der Waals surface area contributed by atoms with Gasteiger partial charge in [0.2, 0.25) is 0 Å². The van der Waals surface area contributed by atoms with Crippen molar-refractivity contribution in [2.75, 3.05) is 47.5 Å². The molecule has 0 aliphatic rings. The van der Waals surface area contributed by atoms with E-state index in [0.29, 0.717) is 23.9 Å². The molecule has 0 radical (unpaired) electrons. The van der Waals surface area contributed by atoms with E-state index in [4.69, 9.17) is 18.9 Å². The Morgan fingerprint density at radius 3 is 1.23 bits per heavy atom. The van der Waals surface area contributed by atoms with Crippen LogP contribution in [0.5, 0.6) is 0 Å². The predicted octanol–water partition coefficient (Wildman–Crippen LogP) is 13.8. The number of hydrogen-bond donors (Lipinski definition) is 1. The van der Waals surface area contributed by atoms with E-state index in [0.717, 1.165) is 51.4 Å². The molecule has 0 aliphatic carbocycles. The summed E-state index contributed by atoms with van der Waals surface area (Å²) in [5.74, 6) is -2.00. The lowest BCUT2D eigenvalue weighted by molar-refractivity contribution is -0.870. The lowest BCUT2D eigenvalue weighted by Gasteiger charge is -2.25. The fourth-order valence-corrected chi connectivity index (χ4v) is 7.30. The number of unbranched alkanes of at least 4 members (excludes halogenated alkanes) is 30. The van der Waals surface area contributed by atoms with E-state index in [9.17, 15) is 19.5 Å². The summed E-state index contributed by atoms with van der Waals surface area (Å²) in [5, 5.41) is 9.65. The number of carboxylic acid groups (broad SMARTS) is 1. The number of esters is 2. The third kappa shape index (κ3) is 44.1. The van der Waals surface area contributed by atoms with Gasteiger partial charge in [-0.2, -0.15) is 0 Å². The summed E-state index contributed by atoms with van der Waals surface area (Å²) in [7, 11) is 5.96. The molecule has 0 bridgehead atoms. The van der Waals surface area contributed by atoms with Crippen LogP contribution in [0.2, 0.25) is 0 Å². The fourth-order valence-electron chi connectivity index (χ4n) is 7.30. The second kappa shape index (κ2) is 43.7. The zero-order chi connectivity index (χ0) is 44.2. The molecule has 9 nitrogen and oxygen atoms in total. The Morgan fingerprint density at radius 1 is 0.483 bits per heavy atom. The van der Waals surface area contributed by atoms with Crippen LogP contribution in [-0.4, -0.2) is 87.4 Å². The summed E-state index contributed by atoms with van der Waals surface area (Å²) in [5.41, 5.74) is 0. The van der Waals surface area contributed by atoms with Gasteiger partial charge in [0.25, 0.3) is 6.29 Å². The maximum Gasteiger partial charge on any atom is 0.361 e. The SMILES string of the molecule is CCCCCCC/C=C\CCCCCCCC(=O)OC(COC(=O)CCCCCCCCCCCCCCCCCCCCCCC)COC(OCC[N+](C)(C)C)C(=O)O. The Balaban J connectivity index is 4.28. The van der Waals surface area contributed by atoms with Gasteiger partial charge in [-0.05, 0) is 38.5 Å². The van der Waals surface area contributed by atoms with Crippen molar-refractivity contribution in [3.05, 3.63) is 12.2 Å². The highest BCUT2D eigenvalue weighted by atomic mass is 16.7. The van der Waals surface area contributed by atoms with E-state index in [2.05, 4.69) is 26.0 Å². The molecule has 0 rings (SSSR count). The van der Waals surface area contributed by atoms with Gasteiger partial charge in [-0.3, -0.25) is 9.59 Å². The topological polar surface area (TPSA) is 108 Å². The van der Waals surface area contributed by atoms with Gasteiger partial charge in [0.15, 0.2) is 6.10 Å². The average Bonchev–Trinajstić information content (AvgIpc) is 3.21. The molecule has 0 amide bonds. The molecule has 60 heavy (non-hydrogen) atoms. The van der Waals surface area contributed by atoms with Crippen LogP contribution in [0.15, 0.2) is 12.2 Å². The van der Waals surface area contributed by atoms with Crippen LogP contribution in [0.3, 0.4) is 0 Å². The monoisotopic (exact) mass is 853 g/mol. The Kier molecular flexibility index (Phi) is 42.2. The van der Waals surface area contributed by atoms with Gasteiger partial charge in [-0.25, -0.2) is 4.79 Å². The Bertz CT molecular complexity index is 996. The number of hydrogen-bond acceptors (Lipinski definition) is 7. The molecule has 0 saturated heterocycles. The van der Waals surface area contributed by atoms with Crippen molar-refractivity contribution >= 4 is 17.9 Å². The molecule has 0 fully saturated rings. The van der Waals surface area contributed by atoms with Crippen LogP contribution in [0, 0.1) is 0 Å². The summed E-state index contributed by atoms with van der Waals surface area (Å²) >= 11 is 0. The molecule has 0 saturated carbocycles. The maximum absolute atomic E-state index is 12.8. The first-order valence-electron chi connectivity index (χ1n) is 25.4. The first kappa shape index (κ1) is 58.0.